The van der Waals surface area contributed by atoms with Crippen LogP contribution in [0.25, 0.3) is 0 Å². The Morgan fingerprint density at radius 3 is 1.74 bits per heavy atom. The molecule has 0 spiro atoms. The van der Waals surface area contributed by atoms with Crippen molar-refractivity contribution < 1.29 is 38.2 Å². The van der Waals surface area contributed by atoms with Gasteiger partial charge in [0.25, 0.3) is 0 Å². The molecule has 0 aromatic heterocycles. The number of ether oxygens (including phenoxy) is 3. The van der Waals surface area contributed by atoms with E-state index < -0.39 is 47.0 Å². The van der Waals surface area contributed by atoms with Crippen molar-refractivity contribution in [1.29, 1.82) is 0 Å². The van der Waals surface area contributed by atoms with Gasteiger partial charge in [-0.05, 0) is 124 Å². The number of rotatable bonds is 22. The van der Waals surface area contributed by atoms with E-state index in [2.05, 4.69) is 26.6 Å². The summed E-state index contributed by atoms with van der Waals surface area (Å²) in [5.74, 6) is -0.496. The second kappa shape index (κ2) is 24.8. The van der Waals surface area contributed by atoms with Crippen LogP contribution >= 0.6 is 0 Å². The molecule has 0 heterocycles. The van der Waals surface area contributed by atoms with Crippen LogP contribution < -0.4 is 26.6 Å². The largest absolute Gasteiger partial charge is 0.444 e. The van der Waals surface area contributed by atoms with Crippen molar-refractivity contribution in [3.05, 3.63) is 35.4 Å². The highest BCUT2D eigenvalue weighted by atomic mass is 16.6. The van der Waals surface area contributed by atoms with E-state index in [4.69, 9.17) is 14.2 Å². The van der Waals surface area contributed by atoms with Gasteiger partial charge in [0.05, 0.1) is 18.6 Å². The Morgan fingerprint density at radius 1 is 0.614 bits per heavy atom. The van der Waals surface area contributed by atoms with Gasteiger partial charge in [0.15, 0.2) is 0 Å². The Hall–Kier alpha value is -3.87. The number of alkyl carbamates (subject to hydrolysis) is 2. The standard InChI is InChI=1S/C44H75N5O8/c1-42(2,3)55-31-36(48-37(50)30-34-24-22-33(23-25-34)20-14-11-16-27-46-40(53)56-43(4,5)6)39(52)49-35(21-15-17-28-47-41(54)57-44(7,8)9)38(51)45-29-26-32-18-12-10-13-19-32/h22-25,32,35-36H,10-21,26-31H2,1-9H3,(H,45,51)(H,46,53)(H,47,54)(H,48,50)(H,49,52)/t35-,36-/m0/s1. The summed E-state index contributed by atoms with van der Waals surface area (Å²) >= 11 is 0. The predicted octanol–water partition coefficient (Wildman–Crippen LogP) is 7.03. The van der Waals surface area contributed by atoms with Crippen LogP contribution in [-0.2, 0) is 41.4 Å². The Balaban J connectivity index is 1.97. The number of amides is 5. The quantitative estimate of drug-likeness (QED) is 0.0778. The molecule has 1 aromatic carbocycles. The predicted molar refractivity (Wildman–Crippen MR) is 224 cm³/mol. The zero-order valence-corrected chi connectivity index (χ0v) is 36.5. The zero-order valence-electron chi connectivity index (χ0n) is 36.5. The van der Waals surface area contributed by atoms with Crippen molar-refractivity contribution >= 4 is 29.9 Å². The van der Waals surface area contributed by atoms with Crippen LogP contribution in [-0.4, -0.2) is 85.0 Å². The van der Waals surface area contributed by atoms with E-state index in [9.17, 15) is 24.0 Å². The third-order valence-corrected chi connectivity index (χ3v) is 9.33. The smallest absolute Gasteiger partial charge is 0.407 e. The fraction of sp³-hybridized carbons (Fsp3) is 0.750. The molecule has 1 fully saturated rings. The second-order valence-corrected chi connectivity index (χ2v) is 18.3. The van der Waals surface area contributed by atoms with E-state index in [1.165, 1.54) is 32.1 Å². The van der Waals surface area contributed by atoms with Crippen molar-refractivity contribution in [3.63, 3.8) is 0 Å². The number of nitrogens with one attached hydrogen (secondary N) is 5. The molecule has 0 unspecified atom stereocenters. The number of carbonyl (C=O) groups excluding carboxylic acids is 5. The molecular weight excluding hydrogens is 727 g/mol. The van der Waals surface area contributed by atoms with Crippen LogP contribution in [0.3, 0.4) is 0 Å². The summed E-state index contributed by atoms with van der Waals surface area (Å²) in [6.45, 7) is 17.9. The first-order valence-electron chi connectivity index (χ1n) is 21.2. The first-order valence-corrected chi connectivity index (χ1v) is 21.2. The van der Waals surface area contributed by atoms with Gasteiger partial charge in [0.1, 0.15) is 23.3 Å². The number of hydrogen-bond donors (Lipinski definition) is 5. The van der Waals surface area contributed by atoms with E-state index in [-0.39, 0.29) is 24.8 Å². The Morgan fingerprint density at radius 2 is 1.18 bits per heavy atom. The Labute approximate surface area is 342 Å². The maximum atomic E-state index is 13.8. The van der Waals surface area contributed by atoms with Crippen molar-refractivity contribution in [2.24, 2.45) is 5.92 Å². The lowest BCUT2D eigenvalue weighted by atomic mass is 9.87. The monoisotopic (exact) mass is 802 g/mol. The summed E-state index contributed by atoms with van der Waals surface area (Å²) in [6.07, 6.45) is 11.3. The highest BCUT2D eigenvalue weighted by molar-refractivity contribution is 5.92. The summed E-state index contributed by atoms with van der Waals surface area (Å²) in [4.78, 5) is 64.5. The van der Waals surface area contributed by atoms with Gasteiger partial charge in [-0.3, -0.25) is 14.4 Å². The summed E-state index contributed by atoms with van der Waals surface area (Å²) in [6, 6.07) is 6.01. The fourth-order valence-corrected chi connectivity index (χ4v) is 6.42. The van der Waals surface area contributed by atoms with Crippen LogP contribution in [0.2, 0.25) is 0 Å². The molecule has 5 amide bonds. The van der Waals surface area contributed by atoms with Crippen LogP contribution in [0.1, 0.15) is 150 Å². The molecule has 13 nitrogen and oxygen atoms in total. The molecule has 1 aliphatic carbocycles. The molecule has 1 aliphatic rings. The minimum absolute atomic E-state index is 0.0663. The average Bonchev–Trinajstić information content (AvgIpc) is 3.10. The molecule has 0 saturated heterocycles. The molecule has 0 aliphatic heterocycles. The number of benzene rings is 1. The third-order valence-electron chi connectivity index (χ3n) is 9.33. The van der Waals surface area contributed by atoms with Crippen molar-refractivity contribution in [2.45, 2.75) is 181 Å². The summed E-state index contributed by atoms with van der Waals surface area (Å²) < 4.78 is 16.5. The summed E-state index contributed by atoms with van der Waals surface area (Å²) in [5.41, 5.74) is 0.276. The van der Waals surface area contributed by atoms with Crippen molar-refractivity contribution in [1.82, 2.24) is 26.6 Å². The molecule has 13 heteroatoms. The van der Waals surface area contributed by atoms with Crippen LogP contribution in [0.15, 0.2) is 24.3 Å². The Kier molecular flexibility index (Phi) is 21.4. The zero-order chi connectivity index (χ0) is 42.5. The molecular formula is C44H75N5O8. The van der Waals surface area contributed by atoms with Crippen LogP contribution in [0, 0.1) is 5.92 Å². The van der Waals surface area contributed by atoms with Gasteiger partial charge in [-0.1, -0.05) is 62.8 Å². The lowest BCUT2D eigenvalue weighted by molar-refractivity contribution is -0.134. The molecule has 2 rings (SSSR count). The van der Waals surface area contributed by atoms with Crippen molar-refractivity contribution in [3.8, 4) is 0 Å². The molecule has 0 bridgehead atoms. The molecule has 2 atom stereocenters. The summed E-state index contributed by atoms with van der Waals surface area (Å²) in [5, 5.41) is 14.3. The van der Waals surface area contributed by atoms with Gasteiger partial charge in [0.2, 0.25) is 17.7 Å². The molecule has 5 N–H and O–H groups in total. The van der Waals surface area contributed by atoms with E-state index >= 15 is 0 Å². The van der Waals surface area contributed by atoms with Crippen LogP contribution in [0.5, 0.6) is 0 Å². The molecule has 1 aromatic rings. The number of carbonyl (C=O) groups is 5. The fourth-order valence-electron chi connectivity index (χ4n) is 6.42. The maximum absolute atomic E-state index is 13.8. The number of unbranched alkanes of at least 4 members (excludes halogenated alkanes) is 3. The molecule has 324 valence electrons. The highest BCUT2D eigenvalue weighted by Gasteiger charge is 2.29. The van der Waals surface area contributed by atoms with E-state index in [1.807, 2.05) is 65.8 Å². The SMILES string of the molecule is CC(C)(C)OC[C@H](NC(=O)Cc1ccc(CCCCCNC(=O)OC(C)(C)C)cc1)C(=O)N[C@@H](CCCCNC(=O)OC(C)(C)C)C(=O)NCCC1CCCCC1. The van der Waals surface area contributed by atoms with Gasteiger partial charge in [0, 0.05) is 19.6 Å². The van der Waals surface area contributed by atoms with Gasteiger partial charge in [-0.25, -0.2) is 9.59 Å². The van der Waals surface area contributed by atoms with E-state index in [0.29, 0.717) is 44.8 Å². The third kappa shape index (κ3) is 24.5. The first kappa shape index (κ1) is 49.3. The number of aryl methyl sites for hydroxylation is 1. The minimum Gasteiger partial charge on any atom is -0.444 e. The van der Waals surface area contributed by atoms with Gasteiger partial charge < -0.3 is 40.8 Å². The Bertz CT molecular complexity index is 1370. The first-order chi connectivity index (χ1) is 26.7. The van der Waals surface area contributed by atoms with Gasteiger partial charge in [-0.2, -0.15) is 0 Å². The molecule has 57 heavy (non-hydrogen) atoms. The highest BCUT2D eigenvalue weighted by Crippen LogP contribution is 2.25. The lowest BCUT2D eigenvalue weighted by Gasteiger charge is -2.27. The molecule has 0 radical (unpaired) electrons. The second-order valence-electron chi connectivity index (χ2n) is 18.3. The normalized spacial score (nSPS) is 14.8. The molecule has 1 saturated carbocycles. The maximum Gasteiger partial charge on any atom is 0.407 e. The van der Waals surface area contributed by atoms with Crippen LogP contribution in [0.4, 0.5) is 9.59 Å². The van der Waals surface area contributed by atoms with Crippen molar-refractivity contribution in [2.75, 3.05) is 26.2 Å². The lowest BCUT2D eigenvalue weighted by Crippen LogP contribution is -2.56. The van der Waals surface area contributed by atoms with E-state index in [0.717, 1.165) is 43.2 Å². The average molecular weight is 802 g/mol. The summed E-state index contributed by atoms with van der Waals surface area (Å²) in [7, 11) is 0. The van der Waals surface area contributed by atoms with E-state index in [1.54, 1.807) is 20.8 Å². The van der Waals surface area contributed by atoms with Gasteiger partial charge >= 0.3 is 12.2 Å². The minimum atomic E-state index is -1.02. The topological polar surface area (TPSA) is 173 Å². The van der Waals surface area contributed by atoms with Gasteiger partial charge in [-0.15, -0.1) is 0 Å². The number of hydrogen-bond acceptors (Lipinski definition) is 8.